The number of amides is 1. The fraction of sp³-hybridized carbons (Fsp3) is 0.227. The minimum Gasteiger partial charge on any atom is -0.468 e. The largest absolute Gasteiger partial charge is 0.468 e. The van der Waals surface area contributed by atoms with Crippen molar-refractivity contribution in [1.29, 1.82) is 0 Å². The van der Waals surface area contributed by atoms with Gasteiger partial charge in [-0.25, -0.2) is 21.6 Å². The summed E-state index contributed by atoms with van der Waals surface area (Å²) < 4.78 is 59.7. The van der Waals surface area contributed by atoms with Crippen molar-refractivity contribution in [2.24, 2.45) is 0 Å². The first-order chi connectivity index (χ1) is 16.1. The van der Waals surface area contributed by atoms with Crippen LogP contribution in [0.3, 0.4) is 0 Å². The molecule has 1 amide bonds. The Morgan fingerprint density at radius 1 is 1.00 bits per heavy atom. The number of nitrogens with one attached hydrogen (secondary N) is 2. The molecule has 182 valence electrons. The lowest BCUT2D eigenvalue weighted by Crippen LogP contribution is -2.31. The topological polar surface area (TPSA) is 126 Å². The maximum absolute atomic E-state index is 12.9. The van der Waals surface area contributed by atoms with E-state index in [-0.39, 0.29) is 45.7 Å². The number of benzene rings is 2. The zero-order valence-corrected chi connectivity index (χ0v) is 20.9. The number of hydrogen-bond donors (Lipinski definition) is 2. The van der Waals surface area contributed by atoms with E-state index in [9.17, 15) is 21.6 Å². The average Bonchev–Trinajstić information content (AvgIpc) is 3.32. The predicted octanol–water partition coefficient (Wildman–Crippen LogP) is 3.69. The third kappa shape index (κ3) is 5.86. The highest BCUT2D eigenvalue weighted by atomic mass is 35.5. The van der Waals surface area contributed by atoms with Crippen LogP contribution in [0.4, 0.5) is 5.69 Å². The van der Waals surface area contributed by atoms with E-state index in [0.717, 1.165) is 0 Å². The summed E-state index contributed by atoms with van der Waals surface area (Å²) in [5.74, 6) is -0.169. The molecule has 3 aromatic rings. The summed E-state index contributed by atoms with van der Waals surface area (Å²) in [5.41, 5.74) is 0.272. The van der Waals surface area contributed by atoms with Gasteiger partial charge in [0.1, 0.15) is 10.7 Å². The third-order valence-electron chi connectivity index (χ3n) is 4.94. The monoisotopic (exact) mass is 525 g/mol. The number of anilines is 1. The molecule has 0 aliphatic carbocycles. The lowest BCUT2D eigenvalue weighted by atomic mass is 10.2. The molecule has 0 fully saturated rings. The van der Waals surface area contributed by atoms with Crippen LogP contribution in [0.5, 0.6) is 0 Å². The Kier molecular flexibility index (Phi) is 8.16. The number of sulfonamides is 2. The summed E-state index contributed by atoms with van der Waals surface area (Å²) in [6, 6.07) is 12.9. The van der Waals surface area contributed by atoms with Crippen LogP contribution in [0, 0.1) is 0 Å². The van der Waals surface area contributed by atoms with Gasteiger partial charge in [0.25, 0.3) is 5.91 Å². The molecule has 3 rings (SSSR count). The van der Waals surface area contributed by atoms with Gasteiger partial charge in [0.15, 0.2) is 0 Å². The van der Waals surface area contributed by atoms with Crippen LogP contribution >= 0.6 is 11.6 Å². The number of hydrogen-bond acceptors (Lipinski definition) is 6. The van der Waals surface area contributed by atoms with Gasteiger partial charge < -0.3 is 9.73 Å². The van der Waals surface area contributed by atoms with E-state index in [1.807, 2.05) is 0 Å². The first-order valence-corrected chi connectivity index (χ1v) is 13.6. The summed E-state index contributed by atoms with van der Waals surface area (Å²) >= 11 is 6.12. The van der Waals surface area contributed by atoms with Crippen molar-refractivity contribution in [3.63, 3.8) is 0 Å². The Bertz CT molecular complexity index is 1370. The molecule has 2 N–H and O–H groups in total. The quantitative estimate of drug-likeness (QED) is 0.415. The highest BCUT2D eigenvalue weighted by Gasteiger charge is 2.25. The molecule has 0 spiro atoms. The summed E-state index contributed by atoms with van der Waals surface area (Å²) in [6.45, 7) is 3.88. The summed E-state index contributed by atoms with van der Waals surface area (Å²) in [4.78, 5) is 12.6. The van der Waals surface area contributed by atoms with Gasteiger partial charge in [-0.1, -0.05) is 31.5 Å². The Morgan fingerprint density at radius 3 is 2.38 bits per heavy atom. The molecular weight excluding hydrogens is 502 g/mol. The van der Waals surface area contributed by atoms with Crippen LogP contribution in [0.15, 0.2) is 75.1 Å². The third-order valence-corrected chi connectivity index (χ3v) is 8.87. The molecule has 0 saturated carbocycles. The van der Waals surface area contributed by atoms with Gasteiger partial charge in [-0.2, -0.15) is 4.31 Å². The van der Waals surface area contributed by atoms with Crippen molar-refractivity contribution in [2.75, 3.05) is 18.4 Å². The lowest BCUT2D eigenvalue weighted by Gasteiger charge is -2.19. The number of furan rings is 1. The number of nitrogens with zero attached hydrogens (tertiary/aromatic N) is 1. The zero-order chi connectivity index (χ0) is 24.9. The second-order valence-corrected chi connectivity index (χ2v) is 11.2. The molecule has 1 heterocycles. The Balaban J connectivity index is 1.81. The van der Waals surface area contributed by atoms with Crippen LogP contribution in [0.1, 0.15) is 30.0 Å². The van der Waals surface area contributed by atoms with E-state index in [1.165, 1.54) is 53.0 Å². The molecule has 12 heteroatoms. The molecule has 1 aromatic heterocycles. The van der Waals surface area contributed by atoms with Crippen LogP contribution in [-0.2, 0) is 26.6 Å². The first-order valence-electron chi connectivity index (χ1n) is 10.3. The zero-order valence-electron chi connectivity index (χ0n) is 18.5. The van der Waals surface area contributed by atoms with E-state index in [2.05, 4.69) is 10.0 Å². The molecule has 2 aromatic carbocycles. The van der Waals surface area contributed by atoms with E-state index in [4.69, 9.17) is 16.0 Å². The van der Waals surface area contributed by atoms with Crippen LogP contribution in [0.25, 0.3) is 0 Å². The van der Waals surface area contributed by atoms with Crippen molar-refractivity contribution in [2.45, 2.75) is 30.2 Å². The predicted molar refractivity (Wildman–Crippen MR) is 129 cm³/mol. The summed E-state index contributed by atoms with van der Waals surface area (Å²) in [6.07, 6.45) is 1.44. The van der Waals surface area contributed by atoms with Crippen molar-refractivity contribution >= 4 is 43.2 Å². The minimum atomic E-state index is -3.89. The highest BCUT2D eigenvalue weighted by molar-refractivity contribution is 7.89. The van der Waals surface area contributed by atoms with E-state index >= 15 is 0 Å². The van der Waals surface area contributed by atoms with E-state index < -0.39 is 26.0 Å². The number of halogens is 1. The molecule has 0 unspecified atom stereocenters. The van der Waals surface area contributed by atoms with Gasteiger partial charge in [0.05, 0.1) is 22.7 Å². The van der Waals surface area contributed by atoms with Gasteiger partial charge in [0, 0.05) is 24.3 Å². The highest BCUT2D eigenvalue weighted by Crippen LogP contribution is 2.26. The van der Waals surface area contributed by atoms with Crippen molar-refractivity contribution in [3.8, 4) is 0 Å². The average molecular weight is 526 g/mol. The Hall–Kier alpha value is -2.70. The fourth-order valence-electron chi connectivity index (χ4n) is 3.15. The Labute approximate surface area is 203 Å². The number of carbonyl (C=O) groups excluding carboxylic acids is 1. The molecular formula is C22H24ClN3O6S2. The minimum absolute atomic E-state index is 0.000767. The Morgan fingerprint density at radius 2 is 1.74 bits per heavy atom. The van der Waals surface area contributed by atoms with Crippen molar-refractivity contribution < 1.29 is 26.0 Å². The van der Waals surface area contributed by atoms with Gasteiger partial charge in [-0.15, -0.1) is 0 Å². The summed E-state index contributed by atoms with van der Waals surface area (Å²) in [5, 5.41) is 2.59. The van der Waals surface area contributed by atoms with Crippen LogP contribution in [0.2, 0.25) is 5.02 Å². The van der Waals surface area contributed by atoms with Gasteiger partial charge in [0.2, 0.25) is 20.0 Å². The number of carbonyl (C=O) groups is 1. The summed E-state index contributed by atoms with van der Waals surface area (Å²) in [7, 11) is -7.76. The van der Waals surface area contributed by atoms with Crippen molar-refractivity contribution in [1.82, 2.24) is 9.03 Å². The van der Waals surface area contributed by atoms with E-state index in [0.29, 0.717) is 5.76 Å². The maximum atomic E-state index is 12.9. The number of rotatable bonds is 10. The lowest BCUT2D eigenvalue weighted by molar-refractivity contribution is 0.102. The standard InChI is InChI=1S/C22H24ClN3O6S2/c1-3-26(4-2)34(30,31)21-13-16(10-11-20(21)23)22(27)25-17-7-5-9-19(14-17)33(28,29)24-15-18-8-6-12-32-18/h5-14,24H,3-4,15H2,1-2H3,(H,25,27). The fourth-order valence-corrected chi connectivity index (χ4v) is 6.15. The molecule has 9 nitrogen and oxygen atoms in total. The molecule has 34 heavy (non-hydrogen) atoms. The molecule has 0 atom stereocenters. The first kappa shape index (κ1) is 25.9. The molecule has 0 aliphatic heterocycles. The van der Waals surface area contributed by atoms with Gasteiger partial charge in [-0.05, 0) is 48.5 Å². The molecule has 0 aliphatic rings. The van der Waals surface area contributed by atoms with Gasteiger partial charge >= 0.3 is 0 Å². The molecule has 0 bridgehead atoms. The molecule has 0 radical (unpaired) electrons. The van der Waals surface area contributed by atoms with Gasteiger partial charge in [-0.3, -0.25) is 4.79 Å². The van der Waals surface area contributed by atoms with Crippen LogP contribution < -0.4 is 10.0 Å². The SMILES string of the molecule is CCN(CC)S(=O)(=O)c1cc(C(=O)Nc2cccc(S(=O)(=O)NCc3ccco3)c2)ccc1Cl. The normalized spacial score (nSPS) is 12.1. The second-order valence-electron chi connectivity index (χ2n) is 7.12. The van der Waals surface area contributed by atoms with Crippen molar-refractivity contribution in [3.05, 3.63) is 77.2 Å². The molecule has 0 saturated heterocycles. The smallest absolute Gasteiger partial charge is 0.255 e. The second kappa shape index (κ2) is 10.7. The maximum Gasteiger partial charge on any atom is 0.255 e. The van der Waals surface area contributed by atoms with Crippen LogP contribution in [-0.4, -0.2) is 40.1 Å². The van der Waals surface area contributed by atoms with E-state index in [1.54, 1.807) is 26.0 Å².